The summed E-state index contributed by atoms with van der Waals surface area (Å²) in [6, 6.07) is 25.5. The number of carbonyl (C=O) groups excluding carboxylic acids is 1. The van der Waals surface area contributed by atoms with E-state index in [1.807, 2.05) is 42.5 Å². The number of carbonyl (C=O) groups is 1. The fraction of sp³-hybridized carbons (Fsp3) is 0.192. The molecule has 6 nitrogen and oxygen atoms in total. The Balaban J connectivity index is 1.31. The quantitative estimate of drug-likeness (QED) is 0.474. The van der Waals surface area contributed by atoms with Crippen LogP contribution in [-0.4, -0.2) is 35.6 Å². The molecular formula is C26H24N4O2. The molecule has 32 heavy (non-hydrogen) atoms. The highest BCUT2D eigenvalue weighted by atomic mass is 16.5. The van der Waals surface area contributed by atoms with Crippen LogP contribution in [0.2, 0.25) is 0 Å². The van der Waals surface area contributed by atoms with Crippen molar-refractivity contribution in [1.29, 1.82) is 0 Å². The van der Waals surface area contributed by atoms with Gasteiger partial charge in [-0.2, -0.15) is 4.98 Å². The fourth-order valence-corrected chi connectivity index (χ4v) is 3.96. The van der Waals surface area contributed by atoms with E-state index in [0.29, 0.717) is 30.5 Å². The van der Waals surface area contributed by atoms with Crippen molar-refractivity contribution in [3.8, 4) is 5.88 Å². The van der Waals surface area contributed by atoms with Crippen LogP contribution in [0.4, 0.5) is 5.95 Å². The third-order valence-electron chi connectivity index (χ3n) is 5.63. The van der Waals surface area contributed by atoms with E-state index in [-0.39, 0.29) is 5.91 Å². The van der Waals surface area contributed by atoms with Crippen molar-refractivity contribution in [2.24, 2.45) is 0 Å². The number of amides is 1. The summed E-state index contributed by atoms with van der Waals surface area (Å²) in [5.74, 6) is 1.09. The van der Waals surface area contributed by atoms with Crippen molar-refractivity contribution in [2.75, 3.05) is 24.6 Å². The number of fused-ring (bicyclic) bond motifs is 2. The largest absolute Gasteiger partial charge is 0.475 e. The lowest BCUT2D eigenvalue weighted by molar-refractivity contribution is 0.0946. The third kappa shape index (κ3) is 4.25. The predicted molar refractivity (Wildman–Crippen MR) is 125 cm³/mol. The molecule has 0 saturated carbocycles. The summed E-state index contributed by atoms with van der Waals surface area (Å²) >= 11 is 0. The highest BCUT2D eigenvalue weighted by Gasteiger charge is 2.20. The molecule has 0 atom stereocenters. The molecule has 2 heterocycles. The lowest BCUT2D eigenvalue weighted by atomic mass is 10.0. The first kappa shape index (κ1) is 20.0. The molecule has 1 aliphatic heterocycles. The smallest absolute Gasteiger partial charge is 0.251 e. The summed E-state index contributed by atoms with van der Waals surface area (Å²) in [4.78, 5) is 24.0. The highest BCUT2D eigenvalue weighted by molar-refractivity contribution is 5.94. The van der Waals surface area contributed by atoms with Gasteiger partial charge in [0, 0.05) is 18.7 Å². The van der Waals surface area contributed by atoms with Crippen LogP contribution in [0.3, 0.4) is 0 Å². The Morgan fingerprint density at radius 3 is 2.53 bits per heavy atom. The monoisotopic (exact) mass is 424 g/mol. The molecule has 3 aromatic carbocycles. The molecule has 1 aliphatic rings. The van der Waals surface area contributed by atoms with Crippen LogP contribution in [0.15, 0.2) is 78.9 Å². The van der Waals surface area contributed by atoms with Crippen molar-refractivity contribution in [3.63, 3.8) is 0 Å². The lowest BCUT2D eigenvalue weighted by Crippen LogP contribution is -2.32. The van der Waals surface area contributed by atoms with Gasteiger partial charge in [-0.05, 0) is 41.8 Å². The number of nitrogens with one attached hydrogen (secondary N) is 1. The minimum Gasteiger partial charge on any atom is -0.475 e. The van der Waals surface area contributed by atoms with Crippen LogP contribution in [0.5, 0.6) is 5.88 Å². The molecule has 0 unspecified atom stereocenters. The molecule has 160 valence electrons. The molecule has 5 rings (SSSR count). The topological polar surface area (TPSA) is 67.3 Å². The molecule has 0 saturated heterocycles. The number of benzene rings is 3. The normalized spacial score (nSPS) is 12.9. The number of aromatic nitrogens is 2. The molecule has 1 N–H and O–H groups in total. The first-order valence-corrected chi connectivity index (χ1v) is 10.8. The van der Waals surface area contributed by atoms with Crippen molar-refractivity contribution in [3.05, 3.63) is 95.6 Å². The van der Waals surface area contributed by atoms with Gasteiger partial charge in [-0.15, -0.1) is 0 Å². The number of hydrogen-bond donors (Lipinski definition) is 1. The summed E-state index contributed by atoms with van der Waals surface area (Å²) in [5, 5.41) is 3.75. The molecule has 1 amide bonds. The zero-order valence-electron chi connectivity index (χ0n) is 17.7. The number of ether oxygens (including phenoxy) is 1. The minimum atomic E-state index is -0.116. The lowest BCUT2D eigenvalue weighted by Gasteiger charge is -2.29. The van der Waals surface area contributed by atoms with Crippen LogP contribution in [0, 0.1) is 0 Å². The van der Waals surface area contributed by atoms with Crippen molar-refractivity contribution in [2.45, 2.75) is 13.0 Å². The first-order chi connectivity index (χ1) is 15.8. The van der Waals surface area contributed by atoms with E-state index in [1.54, 1.807) is 12.1 Å². The van der Waals surface area contributed by atoms with E-state index >= 15 is 0 Å². The molecule has 0 radical (unpaired) electrons. The maximum absolute atomic E-state index is 12.2. The number of anilines is 1. The van der Waals surface area contributed by atoms with Gasteiger partial charge in [-0.3, -0.25) is 4.79 Å². The van der Waals surface area contributed by atoms with Crippen LogP contribution in [0.25, 0.3) is 10.9 Å². The second kappa shape index (κ2) is 9.06. The van der Waals surface area contributed by atoms with Crippen LogP contribution >= 0.6 is 0 Å². The van der Waals surface area contributed by atoms with Gasteiger partial charge in [0.2, 0.25) is 11.8 Å². The number of hydrogen-bond acceptors (Lipinski definition) is 5. The van der Waals surface area contributed by atoms with E-state index in [9.17, 15) is 4.79 Å². The Hall–Kier alpha value is -3.93. The second-order valence-corrected chi connectivity index (χ2v) is 7.76. The molecule has 0 bridgehead atoms. The van der Waals surface area contributed by atoms with Crippen LogP contribution in [0.1, 0.15) is 21.5 Å². The summed E-state index contributed by atoms with van der Waals surface area (Å²) in [6.07, 6.45) is 0.966. The second-order valence-electron chi connectivity index (χ2n) is 7.76. The van der Waals surface area contributed by atoms with Crippen molar-refractivity contribution >= 4 is 22.8 Å². The molecule has 1 aromatic heterocycles. The summed E-state index contributed by atoms with van der Waals surface area (Å²) in [6.45, 7) is 2.35. The SMILES string of the molecule is O=C(NCCOc1nc(N2CCc3ccccc3C2)nc2ccccc12)c1ccccc1. The average molecular weight is 425 g/mol. The molecule has 6 heteroatoms. The summed E-state index contributed by atoms with van der Waals surface area (Å²) < 4.78 is 6.01. The van der Waals surface area contributed by atoms with Gasteiger partial charge in [-0.25, -0.2) is 4.98 Å². The molecule has 0 fully saturated rings. The Kier molecular flexibility index (Phi) is 5.66. The fourth-order valence-electron chi connectivity index (χ4n) is 3.96. The number of nitrogens with zero attached hydrogens (tertiary/aromatic N) is 3. The maximum Gasteiger partial charge on any atom is 0.251 e. The van der Waals surface area contributed by atoms with E-state index in [1.165, 1.54) is 11.1 Å². The average Bonchev–Trinajstić information content (AvgIpc) is 2.86. The van der Waals surface area contributed by atoms with E-state index in [2.05, 4.69) is 34.5 Å². The van der Waals surface area contributed by atoms with Gasteiger partial charge in [0.05, 0.1) is 17.4 Å². The van der Waals surface area contributed by atoms with Gasteiger partial charge < -0.3 is 15.0 Å². The van der Waals surface area contributed by atoms with Gasteiger partial charge in [0.25, 0.3) is 5.91 Å². The van der Waals surface area contributed by atoms with Gasteiger partial charge >= 0.3 is 0 Å². The minimum absolute atomic E-state index is 0.116. The van der Waals surface area contributed by atoms with Crippen molar-refractivity contribution in [1.82, 2.24) is 15.3 Å². The van der Waals surface area contributed by atoms with E-state index < -0.39 is 0 Å². The number of rotatable bonds is 6. The number of para-hydroxylation sites is 1. The van der Waals surface area contributed by atoms with Gasteiger partial charge in [0.1, 0.15) is 6.61 Å². The molecule has 0 aliphatic carbocycles. The van der Waals surface area contributed by atoms with Gasteiger partial charge in [-0.1, -0.05) is 54.6 Å². The molecule has 4 aromatic rings. The predicted octanol–water partition coefficient (Wildman–Crippen LogP) is 4.00. The first-order valence-electron chi connectivity index (χ1n) is 10.8. The Bertz CT molecular complexity index is 1240. The molecular weight excluding hydrogens is 400 g/mol. The summed E-state index contributed by atoms with van der Waals surface area (Å²) in [5.41, 5.74) is 4.17. The van der Waals surface area contributed by atoms with E-state index in [0.717, 1.165) is 30.4 Å². The summed E-state index contributed by atoms with van der Waals surface area (Å²) in [7, 11) is 0. The van der Waals surface area contributed by atoms with Crippen LogP contribution in [-0.2, 0) is 13.0 Å². The van der Waals surface area contributed by atoms with Crippen molar-refractivity contribution < 1.29 is 9.53 Å². The Morgan fingerprint density at radius 2 is 1.66 bits per heavy atom. The maximum atomic E-state index is 12.2. The standard InChI is InChI=1S/C26H24N4O2/c31-24(20-9-2-1-3-10-20)27-15-17-32-25-22-12-6-7-13-23(22)28-26(29-25)30-16-14-19-8-4-5-11-21(19)18-30/h1-13H,14-18H2,(H,27,31). The van der Waals surface area contributed by atoms with Crippen LogP contribution < -0.4 is 15.0 Å². The Morgan fingerprint density at radius 1 is 0.906 bits per heavy atom. The van der Waals surface area contributed by atoms with Gasteiger partial charge in [0.15, 0.2) is 0 Å². The third-order valence-corrected chi connectivity index (χ3v) is 5.63. The zero-order valence-corrected chi connectivity index (χ0v) is 17.7. The zero-order chi connectivity index (χ0) is 21.8. The highest BCUT2D eigenvalue weighted by Crippen LogP contribution is 2.28. The van der Waals surface area contributed by atoms with E-state index in [4.69, 9.17) is 14.7 Å². The molecule has 0 spiro atoms. The Labute approximate surface area is 186 Å².